The Bertz CT molecular complexity index is 1070. The van der Waals surface area contributed by atoms with Crippen LogP contribution in [0.3, 0.4) is 0 Å². The third-order valence-corrected chi connectivity index (χ3v) is 6.07. The van der Waals surface area contributed by atoms with E-state index in [1.807, 2.05) is 6.20 Å². The molecule has 3 aromatic heterocycles. The minimum absolute atomic E-state index is 0.852. The molecule has 0 saturated carbocycles. The predicted octanol–water partition coefficient (Wildman–Crippen LogP) is 4.26. The molecule has 0 saturated heterocycles. The highest BCUT2D eigenvalue weighted by Gasteiger charge is 2.20. The van der Waals surface area contributed by atoms with Crippen LogP contribution >= 0.6 is 11.3 Å². The number of nitrogens with zero attached hydrogens (tertiary/aromatic N) is 4. The first-order chi connectivity index (χ1) is 12.8. The van der Waals surface area contributed by atoms with Crippen molar-refractivity contribution in [1.29, 1.82) is 0 Å². The van der Waals surface area contributed by atoms with Crippen molar-refractivity contribution in [3.8, 4) is 10.7 Å². The number of thiophene rings is 1. The number of benzene rings is 1. The van der Waals surface area contributed by atoms with Crippen LogP contribution in [-0.4, -0.2) is 26.0 Å². The van der Waals surface area contributed by atoms with Crippen molar-refractivity contribution in [2.75, 3.05) is 6.54 Å². The average Bonchev–Trinajstić information content (AvgIpc) is 3.31. The van der Waals surface area contributed by atoms with Crippen LogP contribution in [0.4, 0.5) is 0 Å². The first-order valence-corrected chi connectivity index (χ1v) is 9.80. The van der Waals surface area contributed by atoms with Crippen LogP contribution in [0.1, 0.15) is 17.0 Å². The second-order valence-corrected chi connectivity index (χ2v) is 7.80. The molecule has 0 unspecified atom stereocenters. The van der Waals surface area contributed by atoms with Gasteiger partial charge in [-0.25, -0.2) is 9.97 Å². The molecule has 5 rings (SSSR count). The molecular weight excluding hydrogens is 340 g/mol. The van der Waals surface area contributed by atoms with Crippen LogP contribution in [-0.2, 0) is 26.6 Å². The standard InChI is InChI=1S/C21H20N4S/c1-24-17(11-15-5-2-3-6-19(15)24)13-25-9-8-16-12-22-21(23-18(16)14-25)20-7-4-10-26-20/h2-7,10-12H,8-9,13-14H2,1H3. The van der Waals surface area contributed by atoms with Gasteiger partial charge in [-0.3, -0.25) is 4.90 Å². The molecule has 4 heterocycles. The van der Waals surface area contributed by atoms with Gasteiger partial charge in [-0.2, -0.15) is 0 Å². The third-order valence-electron chi connectivity index (χ3n) is 5.20. The minimum Gasteiger partial charge on any atom is -0.346 e. The Hall–Kier alpha value is -2.50. The number of para-hydroxylation sites is 1. The van der Waals surface area contributed by atoms with E-state index < -0.39 is 0 Å². The number of hydrogen-bond donors (Lipinski definition) is 0. The number of aromatic nitrogens is 3. The van der Waals surface area contributed by atoms with Gasteiger partial charge in [0.05, 0.1) is 10.6 Å². The van der Waals surface area contributed by atoms with E-state index in [1.54, 1.807) is 11.3 Å². The van der Waals surface area contributed by atoms with Crippen LogP contribution in [0.5, 0.6) is 0 Å². The molecule has 130 valence electrons. The largest absolute Gasteiger partial charge is 0.346 e. The maximum absolute atomic E-state index is 4.86. The molecule has 0 aliphatic carbocycles. The number of hydrogen-bond acceptors (Lipinski definition) is 4. The van der Waals surface area contributed by atoms with E-state index in [1.165, 1.54) is 27.9 Å². The summed E-state index contributed by atoms with van der Waals surface area (Å²) in [4.78, 5) is 13.1. The summed E-state index contributed by atoms with van der Waals surface area (Å²) in [7, 11) is 2.16. The smallest absolute Gasteiger partial charge is 0.169 e. The number of rotatable bonds is 3. The molecule has 26 heavy (non-hydrogen) atoms. The van der Waals surface area contributed by atoms with Crippen LogP contribution in [0, 0.1) is 0 Å². The maximum Gasteiger partial charge on any atom is 0.169 e. The van der Waals surface area contributed by atoms with E-state index in [-0.39, 0.29) is 0 Å². The van der Waals surface area contributed by atoms with Crippen molar-refractivity contribution < 1.29 is 0 Å². The predicted molar refractivity (Wildman–Crippen MR) is 106 cm³/mol. The van der Waals surface area contributed by atoms with Gasteiger partial charge in [0.25, 0.3) is 0 Å². The highest BCUT2D eigenvalue weighted by atomic mass is 32.1. The van der Waals surface area contributed by atoms with Crippen molar-refractivity contribution in [3.63, 3.8) is 0 Å². The molecule has 4 nitrogen and oxygen atoms in total. The van der Waals surface area contributed by atoms with Gasteiger partial charge in [-0.1, -0.05) is 24.3 Å². The molecule has 0 N–H and O–H groups in total. The Labute approximate surface area is 156 Å². The summed E-state index contributed by atoms with van der Waals surface area (Å²) < 4.78 is 2.31. The first-order valence-electron chi connectivity index (χ1n) is 8.92. The summed E-state index contributed by atoms with van der Waals surface area (Å²) >= 11 is 1.69. The summed E-state index contributed by atoms with van der Waals surface area (Å²) in [6.07, 6.45) is 3.04. The lowest BCUT2D eigenvalue weighted by Crippen LogP contribution is -2.31. The fourth-order valence-electron chi connectivity index (χ4n) is 3.74. The molecule has 1 aromatic carbocycles. The van der Waals surface area contributed by atoms with Gasteiger partial charge >= 0.3 is 0 Å². The van der Waals surface area contributed by atoms with E-state index in [9.17, 15) is 0 Å². The number of fused-ring (bicyclic) bond motifs is 2. The summed E-state index contributed by atoms with van der Waals surface area (Å²) in [6.45, 7) is 2.89. The van der Waals surface area contributed by atoms with Crippen LogP contribution in [0.15, 0.2) is 54.0 Å². The molecule has 0 radical (unpaired) electrons. The molecule has 0 fully saturated rings. The minimum atomic E-state index is 0.852. The van der Waals surface area contributed by atoms with E-state index in [0.717, 1.165) is 36.8 Å². The summed E-state index contributed by atoms with van der Waals surface area (Å²) in [6, 6.07) is 15.0. The van der Waals surface area contributed by atoms with Crippen LogP contribution in [0.25, 0.3) is 21.6 Å². The monoisotopic (exact) mass is 360 g/mol. The summed E-state index contributed by atoms with van der Waals surface area (Å²) in [5.74, 6) is 0.852. The van der Waals surface area contributed by atoms with Crippen molar-refractivity contribution in [1.82, 2.24) is 19.4 Å². The molecule has 4 aromatic rings. The second kappa shape index (κ2) is 6.34. The average molecular weight is 360 g/mol. The highest BCUT2D eigenvalue weighted by molar-refractivity contribution is 7.13. The third kappa shape index (κ3) is 2.73. The lowest BCUT2D eigenvalue weighted by atomic mass is 10.1. The van der Waals surface area contributed by atoms with Gasteiger partial charge < -0.3 is 4.57 Å². The van der Waals surface area contributed by atoms with E-state index in [4.69, 9.17) is 4.98 Å². The van der Waals surface area contributed by atoms with Crippen LogP contribution in [0.2, 0.25) is 0 Å². The van der Waals surface area contributed by atoms with Crippen molar-refractivity contribution in [3.05, 3.63) is 71.0 Å². The summed E-state index contributed by atoms with van der Waals surface area (Å²) in [5.41, 5.74) is 5.11. The first kappa shape index (κ1) is 15.7. The molecule has 5 heteroatoms. The Balaban J connectivity index is 1.41. The van der Waals surface area contributed by atoms with E-state index in [0.29, 0.717) is 0 Å². The topological polar surface area (TPSA) is 34.0 Å². The van der Waals surface area contributed by atoms with Crippen molar-refractivity contribution in [2.45, 2.75) is 19.5 Å². The molecule has 0 amide bonds. The van der Waals surface area contributed by atoms with E-state index >= 15 is 0 Å². The van der Waals surface area contributed by atoms with Crippen molar-refractivity contribution in [2.24, 2.45) is 7.05 Å². The number of aryl methyl sites for hydroxylation is 1. The Morgan fingerprint density at radius 3 is 2.92 bits per heavy atom. The van der Waals surface area contributed by atoms with Gasteiger partial charge in [-0.05, 0) is 40.9 Å². The van der Waals surface area contributed by atoms with Gasteiger partial charge in [-0.15, -0.1) is 11.3 Å². The second-order valence-electron chi connectivity index (χ2n) is 6.86. The fraction of sp³-hybridized carbons (Fsp3) is 0.238. The molecule has 1 aliphatic heterocycles. The fourth-order valence-corrected chi connectivity index (χ4v) is 4.41. The highest BCUT2D eigenvalue weighted by Crippen LogP contribution is 2.26. The molecule has 0 bridgehead atoms. The SMILES string of the molecule is Cn1c(CN2CCc3cnc(-c4cccs4)nc3C2)cc2ccccc21. The van der Waals surface area contributed by atoms with Crippen LogP contribution < -0.4 is 0 Å². The molecule has 1 aliphatic rings. The van der Waals surface area contributed by atoms with Gasteiger partial charge in [0, 0.05) is 44.1 Å². The Morgan fingerprint density at radius 2 is 2.08 bits per heavy atom. The zero-order valence-electron chi connectivity index (χ0n) is 14.7. The molecule has 0 atom stereocenters. The van der Waals surface area contributed by atoms with Gasteiger partial charge in [0.1, 0.15) is 0 Å². The Kier molecular flexibility index (Phi) is 3.84. The Morgan fingerprint density at radius 1 is 1.15 bits per heavy atom. The van der Waals surface area contributed by atoms with E-state index in [2.05, 4.69) is 69.3 Å². The lowest BCUT2D eigenvalue weighted by molar-refractivity contribution is 0.236. The van der Waals surface area contributed by atoms with Crippen molar-refractivity contribution >= 4 is 22.2 Å². The normalized spacial score (nSPS) is 14.7. The summed E-state index contributed by atoms with van der Waals surface area (Å²) in [5, 5.41) is 3.38. The van der Waals surface area contributed by atoms with Gasteiger partial charge in [0.15, 0.2) is 5.82 Å². The maximum atomic E-state index is 4.86. The lowest BCUT2D eigenvalue weighted by Gasteiger charge is -2.28. The van der Waals surface area contributed by atoms with Gasteiger partial charge in [0.2, 0.25) is 0 Å². The molecule has 0 spiro atoms. The molecular formula is C21H20N4S. The zero-order chi connectivity index (χ0) is 17.5. The zero-order valence-corrected chi connectivity index (χ0v) is 15.5. The quantitative estimate of drug-likeness (QED) is 0.547.